The molecule has 0 radical (unpaired) electrons. The molecule has 0 aliphatic heterocycles. The fourth-order valence-corrected chi connectivity index (χ4v) is 1.86. The van der Waals surface area contributed by atoms with Crippen molar-refractivity contribution in [3.8, 4) is 0 Å². The number of carbonyl (C=O) groups is 1. The molecule has 0 aromatic heterocycles. The number of aliphatic hydroxyl groups excluding tert-OH is 2. The minimum Gasteiger partial charge on any atom is -0.390 e. The maximum absolute atomic E-state index is 10.5. The molecule has 2 unspecified atom stereocenters. The van der Waals surface area contributed by atoms with Crippen molar-refractivity contribution in [2.45, 2.75) is 18.6 Å². The topological polar surface area (TPSA) is 57.5 Å². The van der Waals surface area contributed by atoms with Gasteiger partial charge in [-0.2, -0.15) is 0 Å². The molecule has 1 aromatic rings. The molecule has 0 aliphatic rings. The van der Waals surface area contributed by atoms with Crippen LogP contribution in [0.4, 0.5) is 0 Å². The lowest BCUT2D eigenvalue weighted by atomic mass is 10.0. The normalized spacial score (nSPS) is 14.5. The zero-order chi connectivity index (χ0) is 12.1. The summed E-state index contributed by atoms with van der Waals surface area (Å²) in [4.78, 5) is 10.5. The van der Waals surface area contributed by atoms with Crippen LogP contribution in [0.3, 0.4) is 0 Å². The van der Waals surface area contributed by atoms with Crippen molar-refractivity contribution >= 4 is 29.5 Å². The molecule has 1 aromatic carbocycles. The van der Waals surface area contributed by atoms with Gasteiger partial charge in [0.2, 0.25) is 0 Å². The summed E-state index contributed by atoms with van der Waals surface area (Å²) in [6.45, 7) is 0. The first-order valence-electron chi connectivity index (χ1n) is 4.77. The van der Waals surface area contributed by atoms with Crippen LogP contribution in [0, 0.1) is 0 Å². The van der Waals surface area contributed by atoms with Crippen LogP contribution >= 0.6 is 23.2 Å². The fourth-order valence-electron chi connectivity index (χ4n) is 1.33. The molecule has 0 aliphatic carbocycles. The van der Waals surface area contributed by atoms with Gasteiger partial charge in [0, 0.05) is 22.0 Å². The number of aliphatic hydroxyl groups is 2. The molecule has 3 nitrogen and oxygen atoms in total. The number of halogens is 2. The highest BCUT2D eigenvalue weighted by Gasteiger charge is 2.20. The Balaban J connectivity index is 2.91. The standard InChI is InChI=1S/C11H12Cl2O3/c12-4-3-10(15)11(16)8-2-1-7(6-14)5-9(8)13/h1-2,5-6,10-11,15-16H,3-4H2. The van der Waals surface area contributed by atoms with Gasteiger partial charge in [0.05, 0.1) is 6.10 Å². The molecule has 2 N–H and O–H groups in total. The van der Waals surface area contributed by atoms with Gasteiger partial charge in [-0.05, 0) is 12.5 Å². The van der Waals surface area contributed by atoms with Gasteiger partial charge in [-0.15, -0.1) is 11.6 Å². The third-order valence-corrected chi connectivity index (χ3v) is 2.79. The Labute approximate surface area is 104 Å². The van der Waals surface area contributed by atoms with Crippen LogP contribution in [0.15, 0.2) is 18.2 Å². The summed E-state index contributed by atoms with van der Waals surface area (Å²) in [6, 6.07) is 4.50. The SMILES string of the molecule is O=Cc1ccc(C(O)C(O)CCCl)c(Cl)c1. The van der Waals surface area contributed by atoms with Crippen LogP contribution in [0.1, 0.15) is 28.4 Å². The van der Waals surface area contributed by atoms with E-state index in [9.17, 15) is 15.0 Å². The first-order chi connectivity index (χ1) is 7.60. The van der Waals surface area contributed by atoms with Crippen molar-refractivity contribution in [1.29, 1.82) is 0 Å². The lowest BCUT2D eigenvalue weighted by Gasteiger charge is -2.18. The van der Waals surface area contributed by atoms with Gasteiger partial charge in [-0.3, -0.25) is 4.79 Å². The van der Waals surface area contributed by atoms with E-state index in [2.05, 4.69) is 0 Å². The van der Waals surface area contributed by atoms with Crippen molar-refractivity contribution in [1.82, 2.24) is 0 Å². The molecule has 0 bridgehead atoms. The van der Waals surface area contributed by atoms with Crippen LogP contribution in [0.25, 0.3) is 0 Å². The Bertz CT molecular complexity index is 368. The molecule has 0 amide bonds. The van der Waals surface area contributed by atoms with E-state index in [1.807, 2.05) is 0 Å². The summed E-state index contributed by atoms with van der Waals surface area (Å²) in [5, 5.41) is 19.6. The Morgan fingerprint density at radius 3 is 2.56 bits per heavy atom. The van der Waals surface area contributed by atoms with Crippen molar-refractivity contribution < 1.29 is 15.0 Å². The number of carbonyl (C=O) groups excluding carboxylic acids is 1. The highest BCUT2D eigenvalue weighted by Crippen LogP contribution is 2.27. The Morgan fingerprint density at radius 2 is 2.06 bits per heavy atom. The number of hydrogen-bond acceptors (Lipinski definition) is 3. The minimum absolute atomic E-state index is 0.252. The van der Waals surface area contributed by atoms with Gasteiger partial charge in [-0.1, -0.05) is 23.7 Å². The zero-order valence-electron chi connectivity index (χ0n) is 8.44. The smallest absolute Gasteiger partial charge is 0.150 e. The monoisotopic (exact) mass is 262 g/mol. The van der Waals surface area contributed by atoms with Gasteiger partial charge in [0.1, 0.15) is 12.4 Å². The molecule has 0 heterocycles. The van der Waals surface area contributed by atoms with Gasteiger partial charge >= 0.3 is 0 Å². The number of benzene rings is 1. The van der Waals surface area contributed by atoms with E-state index >= 15 is 0 Å². The Kier molecular flexibility index (Phi) is 5.22. The van der Waals surface area contributed by atoms with E-state index in [1.165, 1.54) is 18.2 Å². The highest BCUT2D eigenvalue weighted by atomic mass is 35.5. The predicted molar refractivity (Wildman–Crippen MR) is 63.1 cm³/mol. The Hall–Kier alpha value is -0.610. The summed E-state index contributed by atoms with van der Waals surface area (Å²) < 4.78 is 0. The molecule has 0 spiro atoms. The quantitative estimate of drug-likeness (QED) is 0.632. The molecule has 2 atom stereocenters. The number of hydrogen-bond donors (Lipinski definition) is 2. The second-order valence-corrected chi connectivity index (χ2v) is 4.17. The van der Waals surface area contributed by atoms with E-state index in [0.717, 1.165) is 0 Å². The third kappa shape index (κ3) is 3.19. The first kappa shape index (κ1) is 13.5. The second kappa shape index (κ2) is 6.21. The lowest BCUT2D eigenvalue weighted by Crippen LogP contribution is -2.19. The molecule has 88 valence electrons. The molecule has 0 fully saturated rings. The largest absolute Gasteiger partial charge is 0.390 e. The van der Waals surface area contributed by atoms with Crippen molar-refractivity contribution in [3.05, 3.63) is 34.3 Å². The Morgan fingerprint density at radius 1 is 1.38 bits per heavy atom. The molecule has 1 rings (SSSR count). The van der Waals surface area contributed by atoms with Crippen LogP contribution in [0.5, 0.6) is 0 Å². The summed E-state index contributed by atoms with van der Waals surface area (Å²) in [6.07, 6.45) is -1.12. The molecule has 5 heteroatoms. The van der Waals surface area contributed by atoms with E-state index < -0.39 is 12.2 Å². The van der Waals surface area contributed by atoms with Crippen molar-refractivity contribution in [2.75, 3.05) is 5.88 Å². The van der Waals surface area contributed by atoms with Crippen LogP contribution in [-0.2, 0) is 0 Å². The van der Waals surface area contributed by atoms with Gasteiger partial charge in [0.25, 0.3) is 0 Å². The van der Waals surface area contributed by atoms with Gasteiger partial charge in [-0.25, -0.2) is 0 Å². The molecule has 0 saturated carbocycles. The number of rotatable bonds is 5. The lowest BCUT2D eigenvalue weighted by molar-refractivity contribution is 0.0170. The third-order valence-electron chi connectivity index (χ3n) is 2.25. The maximum Gasteiger partial charge on any atom is 0.150 e. The predicted octanol–water partition coefficient (Wildman–Crippen LogP) is 2.18. The summed E-state index contributed by atoms with van der Waals surface area (Å²) in [5.74, 6) is 0.252. The molecule has 16 heavy (non-hydrogen) atoms. The fraction of sp³-hybridized carbons (Fsp3) is 0.364. The van der Waals surface area contributed by atoms with Crippen molar-refractivity contribution in [3.63, 3.8) is 0 Å². The average Bonchev–Trinajstić information content (AvgIpc) is 2.28. The summed E-state index contributed by atoms with van der Waals surface area (Å²) in [7, 11) is 0. The van der Waals surface area contributed by atoms with Crippen LogP contribution < -0.4 is 0 Å². The molecule has 0 saturated heterocycles. The van der Waals surface area contributed by atoms with Gasteiger partial charge < -0.3 is 10.2 Å². The second-order valence-electron chi connectivity index (χ2n) is 3.39. The highest BCUT2D eigenvalue weighted by molar-refractivity contribution is 6.31. The molecular weight excluding hydrogens is 251 g/mol. The summed E-state index contributed by atoms with van der Waals surface area (Å²) >= 11 is 11.3. The van der Waals surface area contributed by atoms with E-state index in [1.54, 1.807) is 0 Å². The van der Waals surface area contributed by atoms with Gasteiger partial charge in [0.15, 0.2) is 0 Å². The zero-order valence-corrected chi connectivity index (χ0v) is 9.95. The molecular formula is C11H12Cl2O3. The van der Waals surface area contributed by atoms with E-state index in [-0.39, 0.29) is 17.3 Å². The van der Waals surface area contributed by atoms with Crippen LogP contribution in [0.2, 0.25) is 5.02 Å². The van der Waals surface area contributed by atoms with E-state index in [0.29, 0.717) is 17.4 Å². The number of alkyl halides is 1. The number of aldehydes is 1. The van der Waals surface area contributed by atoms with E-state index in [4.69, 9.17) is 23.2 Å². The first-order valence-corrected chi connectivity index (χ1v) is 5.68. The summed E-state index contributed by atoms with van der Waals surface area (Å²) in [5.41, 5.74) is 0.817. The average molecular weight is 263 g/mol. The van der Waals surface area contributed by atoms with Crippen LogP contribution in [-0.4, -0.2) is 28.5 Å². The minimum atomic E-state index is -1.09. The van der Waals surface area contributed by atoms with Crippen molar-refractivity contribution in [2.24, 2.45) is 0 Å². The maximum atomic E-state index is 10.5.